The Morgan fingerprint density at radius 3 is 2.80 bits per heavy atom. The van der Waals surface area contributed by atoms with Gasteiger partial charge in [-0.05, 0) is 13.1 Å². The third-order valence-corrected chi connectivity index (χ3v) is 2.23. The number of aliphatic hydroxyl groups excluding tert-OH is 1. The molecule has 1 aromatic rings. The SMILES string of the molecule is CNCC(O)c1cc(Cl)cc(OC)c1F. The van der Waals surface area contributed by atoms with E-state index in [0.29, 0.717) is 5.02 Å². The van der Waals surface area contributed by atoms with Crippen LogP contribution in [0, 0.1) is 5.82 Å². The standard InChI is InChI=1S/C10H13ClFNO2/c1-13-5-8(14)7-3-6(11)4-9(15-2)10(7)12/h3-4,8,13-14H,5H2,1-2H3. The van der Waals surface area contributed by atoms with Crippen molar-refractivity contribution >= 4 is 11.6 Å². The third-order valence-electron chi connectivity index (χ3n) is 2.01. The Bertz CT molecular complexity index is 346. The highest BCUT2D eigenvalue weighted by Crippen LogP contribution is 2.29. The van der Waals surface area contributed by atoms with Gasteiger partial charge in [-0.1, -0.05) is 11.6 Å². The zero-order chi connectivity index (χ0) is 11.4. The number of aliphatic hydroxyl groups is 1. The molecule has 1 atom stereocenters. The molecule has 0 aliphatic carbocycles. The van der Waals surface area contributed by atoms with Gasteiger partial charge in [0, 0.05) is 23.2 Å². The van der Waals surface area contributed by atoms with E-state index in [2.05, 4.69) is 5.32 Å². The lowest BCUT2D eigenvalue weighted by atomic mass is 10.1. The monoisotopic (exact) mass is 233 g/mol. The minimum Gasteiger partial charge on any atom is -0.494 e. The Kier molecular flexibility index (Phi) is 4.32. The second-order valence-corrected chi connectivity index (χ2v) is 3.52. The van der Waals surface area contributed by atoms with Crippen LogP contribution in [-0.2, 0) is 0 Å². The van der Waals surface area contributed by atoms with E-state index in [1.807, 2.05) is 0 Å². The maximum Gasteiger partial charge on any atom is 0.170 e. The predicted octanol–water partition coefficient (Wildman–Crippen LogP) is 1.74. The van der Waals surface area contributed by atoms with E-state index in [9.17, 15) is 9.50 Å². The predicted molar refractivity (Wildman–Crippen MR) is 56.8 cm³/mol. The van der Waals surface area contributed by atoms with Crippen molar-refractivity contribution in [2.24, 2.45) is 0 Å². The molecule has 1 rings (SSSR count). The topological polar surface area (TPSA) is 41.5 Å². The Morgan fingerprint density at radius 1 is 1.60 bits per heavy atom. The number of hydrogen-bond acceptors (Lipinski definition) is 3. The van der Waals surface area contributed by atoms with Crippen LogP contribution in [0.1, 0.15) is 11.7 Å². The Hall–Kier alpha value is -0.840. The highest BCUT2D eigenvalue weighted by molar-refractivity contribution is 6.30. The smallest absolute Gasteiger partial charge is 0.170 e. The van der Waals surface area contributed by atoms with E-state index < -0.39 is 11.9 Å². The van der Waals surface area contributed by atoms with Crippen molar-refractivity contribution in [2.45, 2.75) is 6.10 Å². The van der Waals surface area contributed by atoms with Crippen LogP contribution in [0.15, 0.2) is 12.1 Å². The molecule has 0 spiro atoms. The average molecular weight is 234 g/mol. The third kappa shape index (κ3) is 2.81. The summed E-state index contributed by atoms with van der Waals surface area (Å²) in [6, 6.07) is 2.76. The molecular formula is C10H13ClFNO2. The van der Waals surface area contributed by atoms with Crippen LogP contribution in [0.4, 0.5) is 4.39 Å². The van der Waals surface area contributed by atoms with Gasteiger partial charge in [-0.25, -0.2) is 4.39 Å². The van der Waals surface area contributed by atoms with Gasteiger partial charge in [-0.15, -0.1) is 0 Å². The molecule has 3 nitrogen and oxygen atoms in total. The summed E-state index contributed by atoms with van der Waals surface area (Å²) in [5.41, 5.74) is 0.133. The first-order valence-electron chi connectivity index (χ1n) is 4.45. The summed E-state index contributed by atoms with van der Waals surface area (Å²) < 4.78 is 18.5. The van der Waals surface area contributed by atoms with Crippen LogP contribution in [0.25, 0.3) is 0 Å². The molecule has 1 aromatic carbocycles. The number of likely N-dealkylation sites (N-methyl/N-ethyl adjacent to an activating group) is 1. The molecule has 84 valence electrons. The number of rotatable bonds is 4. The van der Waals surface area contributed by atoms with Crippen molar-refractivity contribution < 1.29 is 14.2 Å². The number of hydrogen-bond donors (Lipinski definition) is 2. The fourth-order valence-electron chi connectivity index (χ4n) is 1.28. The summed E-state index contributed by atoms with van der Waals surface area (Å²) in [7, 11) is 3.02. The number of ether oxygens (including phenoxy) is 1. The normalized spacial score (nSPS) is 12.6. The lowest BCUT2D eigenvalue weighted by Gasteiger charge is -2.13. The summed E-state index contributed by atoms with van der Waals surface area (Å²) in [5, 5.41) is 12.7. The average Bonchev–Trinajstić information content (AvgIpc) is 2.21. The molecule has 0 amide bonds. The molecule has 0 aliphatic heterocycles. The molecular weight excluding hydrogens is 221 g/mol. The van der Waals surface area contributed by atoms with Crippen LogP contribution in [0.5, 0.6) is 5.75 Å². The highest BCUT2D eigenvalue weighted by Gasteiger charge is 2.17. The summed E-state index contributed by atoms with van der Waals surface area (Å²) in [5.74, 6) is -0.544. The molecule has 1 unspecified atom stereocenters. The van der Waals surface area contributed by atoms with Crippen LogP contribution in [-0.4, -0.2) is 25.8 Å². The fourth-order valence-corrected chi connectivity index (χ4v) is 1.50. The zero-order valence-electron chi connectivity index (χ0n) is 8.55. The van der Waals surface area contributed by atoms with E-state index in [1.165, 1.54) is 19.2 Å². The lowest BCUT2D eigenvalue weighted by Crippen LogP contribution is -2.17. The molecule has 0 heterocycles. The number of benzene rings is 1. The Labute approximate surface area is 92.8 Å². The molecule has 0 bridgehead atoms. The van der Waals surface area contributed by atoms with Crippen LogP contribution in [0.2, 0.25) is 5.02 Å². The number of halogens is 2. The van der Waals surface area contributed by atoms with Crippen molar-refractivity contribution in [2.75, 3.05) is 20.7 Å². The largest absolute Gasteiger partial charge is 0.494 e. The fraction of sp³-hybridized carbons (Fsp3) is 0.400. The van der Waals surface area contributed by atoms with Gasteiger partial charge >= 0.3 is 0 Å². The Morgan fingerprint density at radius 2 is 2.27 bits per heavy atom. The molecule has 0 aliphatic rings. The summed E-state index contributed by atoms with van der Waals surface area (Å²) >= 11 is 5.77. The van der Waals surface area contributed by atoms with Crippen molar-refractivity contribution in [1.82, 2.24) is 5.32 Å². The summed E-state index contributed by atoms with van der Waals surface area (Å²) in [6.07, 6.45) is -0.942. The van der Waals surface area contributed by atoms with E-state index in [1.54, 1.807) is 7.05 Å². The van der Waals surface area contributed by atoms with Gasteiger partial charge in [0.05, 0.1) is 13.2 Å². The van der Waals surface area contributed by atoms with Gasteiger partial charge in [-0.2, -0.15) is 0 Å². The van der Waals surface area contributed by atoms with Gasteiger partial charge in [0.1, 0.15) is 0 Å². The summed E-state index contributed by atoms with van der Waals surface area (Å²) in [6.45, 7) is 0.250. The van der Waals surface area contributed by atoms with E-state index in [0.717, 1.165) is 0 Å². The molecule has 0 saturated heterocycles. The molecule has 2 N–H and O–H groups in total. The second kappa shape index (κ2) is 5.30. The quantitative estimate of drug-likeness (QED) is 0.833. The maximum absolute atomic E-state index is 13.7. The molecule has 0 fully saturated rings. The molecule has 0 radical (unpaired) electrons. The summed E-state index contributed by atoms with van der Waals surface area (Å²) in [4.78, 5) is 0. The first-order chi connectivity index (χ1) is 7.10. The van der Waals surface area contributed by atoms with Gasteiger partial charge in [0.25, 0.3) is 0 Å². The van der Waals surface area contributed by atoms with Crippen molar-refractivity contribution in [3.05, 3.63) is 28.5 Å². The van der Waals surface area contributed by atoms with Crippen molar-refractivity contribution in [3.63, 3.8) is 0 Å². The van der Waals surface area contributed by atoms with Crippen LogP contribution in [0.3, 0.4) is 0 Å². The van der Waals surface area contributed by atoms with E-state index in [4.69, 9.17) is 16.3 Å². The first-order valence-corrected chi connectivity index (χ1v) is 4.83. The molecule has 0 aromatic heterocycles. The van der Waals surface area contributed by atoms with Gasteiger partial charge in [0.2, 0.25) is 0 Å². The van der Waals surface area contributed by atoms with Crippen LogP contribution < -0.4 is 10.1 Å². The van der Waals surface area contributed by atoms with E-state index in [-0.39, 0.29) is 17.9 Å². The van der Waals surface area contributed by atoms with Gasteiger partial charge < -0.3 is 15.2 Å². The van der Waals surface area contributed by atoms with Gasteiger partial charge in [-0.3, -0.25) is 0 Å². The molecule has 15 heavy (non-hydrogen) atoms. The lowest BCUT2D eigenvalue weighted by molar-refractivity contribution is 0.172. The van der Waals surface area contributed by atoms with E-state index >= 15 is 0 Å². The first kappa shape index (κ1) is 12.2. The van der Waals surface area contributed by atoms with Crippen molar-refractivity contribution in [1.29, 1.82) is 0 Å². The minimum atomic E-state index is -0.942. The molecule has 5 heteroatoms. The number of nitrogens with one attached hydrogen (secondary N) is 1. The highest BCUT2D eigenvalue weighted by atomic mass is 35.5. The maximum atomic E-state index is 13.7. The van der Waals surface area contributed by atoms with Crippen molar-refractivity contribution in [3.8, 4) is 5.75 Å². The Balaban J connectivity index is 3.11. The zero-order valence-corrected chi connectivity index (χ0v) is 9.31. The number of methoxy groups -OCH3 is 1. The molecule has 0 saturated carbocycles. The van der Waals surface area contributed by atoms with Crippen LogP contribution >= 0.6 is 11.6 Å². The van der Waals surface area contributed by atoms with Gasteiger partial charge in [0.15, 0.2) is 11.6 Å². The minimum absolute atomic E-state index is 0.0349. The second-order valence-electron chi connectivity index (χ2n) is 3.08.